The van der Waals surface area contributed by atoms with Crippen LogP contribution in [0.5, 0.6) is 0 Å². The average molecular weight is 412 g/mol. The summed E-state index contributed by atoms with van der Waals surface area (Å²) >= 11 is 1.55. The third-order valence-corrected chi connectivity index (χ3v) is 5.87. The van der Waals surface area contributed by atoms with Crippen LogP contribution in [0, 0.1) is 13.8 Å². The number of nitrogens with one attached hydrogen (secondary N) is 1. The number of anilines is 1. The van der Waals surface area contributed by atoms with Crippen LogP contribution in [-0.2, 0) is 11.3 Å². The van der Waals surface area contributed by atoms with E-state index in [4.69, 9.17) is 4.74 Å². The van der Waals surface area contributed by atoms with Crippen molar-refractivity contribution in [1.29, 1.82) is 0 Å². The number of aromatic nitrogens is 3. The van der Waals surface area contributed by atoms with Crippen molar-refractivity contribution < 1.29 is 9.53 Å². The second-order valence-corrected chi connectivity index (χ2v) is 8.14. The Balaban J connectivity index is 1.41. The van der Waals surface area contributed by atoms with Crippen molar-refractivity contribution in [2.24, 2.45) is 0 Å². The highest BCUT2D eigenvalue weighted by atomic mass is 32.1. The van der Waals surface area contributed by atoms with Crippen molar-refractivity contribution in [2.45, 2.75) is 33.4 Å². The van der Waals surface area contributed by atoms with Crippen LogP contribution in [0.1, 0.15) is 34.2 Å². The van der Waals surface area contributed by atoms with Crippen molar-refractivity contribution in [3.63, 3.8) is 0 Å². The fourth-order valence-electron chi connectivity index (χ4n) is 3.63. The number of rotatable bonds is 5. The number of aryl methyl sites for hydroxylation is 1. The molecule has 1 saturated heterocycles. The van der Waals surface area contributed by atoms with Gasteiger partial charge in [-0.1, -0.05) is 6.07 Å². The van der Waals surface area contributed by atoms with E-state index in [2.05, 4.69) is 27.1 Å². The molecule has 0 saturated carbocycles. The summed E-state index contributed by atoms with van der Waals surface area (Å²) in [6.45, 7) is 8.86. The van der Waals surface area contributed by atoms with Gasteiger partial charge in [-0.15, -0.1) is 11.3 Å². The van der Waals surface area contributed by atoms with Gasteiger partial charge in [0.05, 0.1) is 18.3 Å². The molecule has 1 aliphatic rings. The van der Waals surface area contributed by atoms with Gasteiger partial charge in [0.2, 0.25) is 0 Å². The lowest BCUT2D eigenvalue weighted by atomic mass is 10.2. The Labute approximate surface area is 174 Å². The fraction of sp³-hybridized carbons (Fsp3) is 0.381. The number of carbonyl (C=O) groups excluding carboxylic acids is 1. The molecule has 152 valence electrons. The van der Waals surface area contributed by atoms with E-state index in [-0.39, 0.29) is 12.0 Å². The van der Waals surface area contributed by atoms with Crippen LogP contribution in [0.25, 0.3) is 5.13 Å². The molecule has 0 radical (unpaired) electrons. The van der Waals surface area contributed by atoms with Gasteiger partial charge in [-0.25, -0.2) is 9.97 Å². The van der Waals surface area contributed by atoms with Gasteiger partial charge in [-0.05, 0) is 38.5 Å². The molecular weight excluding hydrogens is 386 g/mol. The molecule has 3 aromatic rings. The quantitative estimate of drug-likeness (QED) is 0.699. The summed E-state index contributed by atoms with van der Waals surface area (Å²) in [7, 11) is 0. The highest BCUT2D eigenvalue weighted by Crippen LogP contribution is 2.22. The summed E-state index contributed by atoms with van der Waals surface area (Å²) in [6, 6.07) is 5.93. The third kappa shape index (κ3) is 4.18. The van der Waals surface area contributed by atoms with E-state index in [0.29, 0.717) is 12.1 Å². The van der Waals surface area contributed by atoms with Gasteiger partial charge in [0.15, 0.2) is 5.13 Å². The molecule has 3 aromatic heterocycles. The van der Waals surface area contributed by atoms with Gasteiger partial charge >= 0.3 is 0 Å². The molecule has 1 aliphatic heterocycles. The van der Waals surface area contributed by atoms with Crippen molar-refractivity contribution >= 4 is 23.1 Å². The molecule has 1 unspecified atom stereocenters. The zero-order chi connectivity index (χ0) is 20.4. The molecule has 1 amide bonds. The number of morpholine rings is 1. The zero-order valence-electron chi connectivity index (χ0n) is 16.9. The molecule has 0 bridgehead atoms. The molecule has 0 aliphatic carbocycles. The Kier molecular flexibility index (Phi) is 5.64. The Morgan fingerprint density at radius 1 is 1.34 bits per heavy atom. The Hall–Kier alpha value is -2.71. The lowest BCUT2D eigenvalue weighted by Crippen LogP contribution is -2.41. The Morgan fingerprint density at radius 2 is 2.21 bits per heavy atom. The minimum absolute atomic E-state index is 0.0908. The first-order valence-electron chi connectivity index (χ1n) is 9.71. The highest BCUT2D eigenvalue weighted by Gasteiger charge is 2.19. The normalized spacial score (nSPS) is 16.8. The number of hydrogen-bond donors (Lipinski definition) is 1. The number of ether oxygens (including phenoxy) is 1. The molecule has 0 spiro atoms. The number of pyridine rings is 1. The SMILES string of the molecule is Cc1cc(C(=O)NCc2ccc(N3CCOC(C)C3)nc2)c(C)n1-c1nccs1. The number of nitrogens with zero attached hydrogens (tertiary/aromatic N) is 4. The van der Waals surface area contributed by atoms with Gasteiger partial charge in [0.25, 0.3) is 5.91 Å². The van der Waals surface area contributed by atoms with Crippen LogP contribution < -0.4 is 10.2 Å². The maximum Gasteiger partial charge on any atom is 0.253 e. The summed E-state index contributed by atoms with van der Waals surface area (Å²) in [5, 5.41) is 5.81. The summed E-state index contributed by atoms with van der Waals surface area (Å²) in [5.41, 5.74) is 3.53. The molecule has 1 N–H and O–H groups in total. The maximum atomic E-state index is 12.7. The number of hydrogen-bond acceptors (Lipinski definition) is 6. The van der Waals surface area contributed by atoms with Crippen LogP contribution in [-0.4, -0.2) is 46.2 Å². The van der Waals surface area contributed by atoms with Crippen molar-refractivity contribution in [2.75, 3.05) is 24.6 Å². The number of amides is 1. The largest absolute Gasteiger partial charge is 0.375 e. The van der Waals surface area contributed by atoms with Crippen LogP contribution in [0.4, 0.5) is 5.82 Å². The van der Waals surface area contributed by atoms with E-state index in [1.165, 1.54) is 0 Å². The van der Waals surface area contributed by atoms with E-state index < -0.39 is 0 Å². The monoisotopic (exact) mass is 411 g/mol. The number of thiazole rings is 1. The zero-order valence-corrected chi connectivity index (χ0v) is 17.7. The van der Waals surface area contributed by atoms with E-state index in [1.807, 2.05) is 48.2 Å². The standard InChI is InChI=1S/C21H25N5O2S/c1-14-10-18(16(3)26(14)21-22-6-9-29-21)20(27)24-12-17-4-5-19(23-11-17)25-7-8-28-15(2)13-25/h4-6,9-11,15H,7-8,12-13H2,1-3H3,(H,24,27). The predicted octanol–water partition coefficient (Wildman–Crippen LogP) is 3.10. The molecule has 1 fully saturated rings. The summed E-state index contributed by atoms with van der Waals surface area (Å²) in [4.78, 5) is 23.9. The van der Waals surface area contributed by atoms with Crippen molar-refractivity contribution in [3.05, 3.63) is 58.5 Å². The third-order valence-electron chi connectivity index (χ3n) is 5.11. The van der Waals surface area contributed by atoms with Crippen LogP contribution in [0.15, 0.2) is 36.0 Å². The van der Waals surface area contributed by atoms with Crippen LogP contribution in [0.2, 0.25) is 0 Å². The fourth-order valence-corrected chi connectivity index (χ4v) is 4.38. The summed E-state index contributed by atoms with van der Waals surface area (Å²) < 4.78 is 7.59. The Morgan fingerprint density at radius 3 is 2.90 bits per heavy atom. The molecule has 0 aromatic carbocycles. The molecule has 29 heavy (non-hydrogen) atoms. The highest BCUT2D eigenvalue weighted by molar-refractivity contribution is 7.12. The van der Waals surface area contributed by atoms with Gasteiger partial charge < -0.3 is 15.0 Å². The smallest absolute Gasteiger partial charge is 0.253 e. The first-order valence-corrected chi connectivity index (χ1v) is 10.6. The van der Waals surface area contributed by atoms with E-state index in [1.54, 1.807) is 17.5 Å². The Bertz CT molecular complexity index is 981. The second kappa shape index (κ2) is 8.34. The average Bonchev–Trinajstić information content (AvgIpc) is 3.34. The van der Waals surface area contributed by atoms with Gasteiger partial charge in [-0.3, -0.25) is 9.36 Å². The lowest BCUT2D eigenvalue weighted by molar-refractivity contribution is 0.0529. The molecule has 4 heterocycles. The van der Waals surface area contributed by atoms with Crippen LogP contribution >= 0.6 is 11.3 Å². The molecule has 1 atom stereocenters. The van der Waals surface area contributed by atoms with E-state index in [9.17, 15) is 4.79 Å². The van der Waals surface area contributed by atoms with Crippen molar-refractivity contribution in [1.82, 2.24) is 19.9 Å². The minimum atomic E-state index is -0.0908. The minimum Gasteiger partial charge on any atom is -0.375 e. The molecule has 8 heteroatoms. The maximum absolute atomic E-state index is 12.7. The molecule has 4 rings (SSSR count). The van der Waals surface area contributed by atoms with Gasteiger partial charge in [-0.2, -0.15) is 0 Å². The topological polar surface area (TPSA) is 72.3 Å². The second-order valence-electron chi connectivity index (χ2n) is 7.27. The van der Waals surface area contributed by atoms with E-state index in [0.717, 1.165) is 47.6 Å². The van der Waals surface area contributed by atoms with E-state index >= 15 is 0 Å². The molecular formula is C21H25N5O2S. The van der Waals surface area contributed by atoms with Gasteiger partial charge in [0, 0.05) is 48.8 Å². The summed E-state index contributed by atoms with van der Waals surface area (Å²) in [6.07, 6.45) is 3.81. The van der Waals surface area contributed by atoms with Gasteiger partial charge in [0.1, 0.15) is 5.82 Å². The summed E-state index contributed by atoms with van der Waals surface area (Å²) in [5.74, 6) is 0.856. The molecule has 7 nitrogen and oxygen atoms in total. The first kappa shape index (κ1) is 19.6. The van der Waals surface area contributed by atoms with Crippen molar-refractivity contribution in [3.8, 4) is 5.13 Å². The number of carbonyl (C=O) groups is 1. The first-order chi connectivity index (χ1) is 14.0. The predicted molar refractivity (Wildman–Crippen MR) is 114 cm³/mol. The lowest BCUT2D eigenvalue weighted by Gasteiger charge is -2.32. The van der Waals surface area contributed by atoms with Crippen LogP contribution in [0.3, 0.4) is 0 Å².